The Kier molecular flexibility index (Phi) is 8.42. The molecule has 0 bridgehead atoms. The van der Waals surface area contributed by atoms with Crippen LogP contribution < -0.4 is 27.3 Å². The molecule has 0 aliphatic rings. The van der Waals surface area contributed by atoms with Crippen molar-refractivity contribution in [3.05, 3.63) is 158 Å². The van der Waals surface area contributed by atoms with E-state index in [4.69, 9.17) is 58.6 Å². The van der Waals surface area contributed by atoms with Crippen molar-refractivity contribution in [2.45, 2.75) is 0 Å². The molecule has 0 saturated carbocycles. The lowest BCUT2D eigenvalue weighted by Gasteiger charge is -2.21. The van der Waals surface area contributed by atoms with Crippen LogP contribution in [0.5, 0.6) is 0 Å². The van der Waals surface area contributed by atoms with Crippen LogP contribution in [0.3, 0.4) is 0 Å². The SMILES string of the molecule is [B]c1c([B])c([B])c(-c2cccc(-c3nc(-c4ccccc4)nc(-c4ccc5oc6ccc(-c7ccc8c9ccccc9c9ccccc9c8c7)cc6c5c4)n3)c2)c([B])c1[B]. The Labute approximate surface area is 352 Å². The van der Waals surface area contributed by atoms with E-state index >= 15 is 0 Å². The van der Waals surface area contributed by atoms with Gasteiger partial charge in [0.05, 0.1) is 0 Å². The highest BCUT2D eigenvalue weighted by atomic mass is 16.3. The van der Waals surface area contributed by atoms with E-state index in [1.54, 1.807) is 0 Å². The molecule has 0 unspecified atom stereocenters. The normalized spacial score (nSPS) is 11.7. The first-order valence-electron chi connectivity index (χ1n) is 19.5. The number of furan rings is 1. The third-order valence-electron chi connectivity index (χ3n) is 11.6. The molecule has 0 aliphatic carbocycles. The minimum atomic E-state index is 0.161. The summed E-state index contributed by atoms with van der Waals surface area (Å²) in [4.78, 5) is 15.0. The van der Waals surface area contributed by atoms with Gasteiger partial charge in [-0.25, -0.2) is 15.0 Å². The molecule has 4 nitrogen and oxygen atoms in total. The quantitative estimate of drug-likeness (QED) is 0.135. The number of hydrogen-bond donors (Lipinski definition) is 0. The molecule has 0 N–H and O–H groups in total. The van der Waals surface area contributed by atoms with Gasteiger partial charge in [-0.15, -0.1) is 16.4 Å². The third-order valence-corrected chi connectivity index (χ3v) is 11.6. The first-order chi connectivity index (χ1) is 29.3. The van der Waals surface area contributed by atoms with Crippen molar-refractivity contribution in [3.63, 3.8) is 0 Å². The maximum Gasteiger partial charge on any atom is 0.164 e. The molecule has 10 radical (unpaired) electrons. The van der Waals surface area contributed by atoms with Gasteiger partial charge in [-0.3, -0.25) is 0 Å². The van der Waals surface area contributed by atoms with Gasteiger partial charge >= 0.3 is 0 Å². The molecule has 0 spiro atoms. The number of rotatable bonds is 5. The lowest BCUT2D eigenvalue weighted by Crippen LogP contribution is -2.55. The van der Waals surface area contributed by atoms with E-state index < -0.39 is 0 Å². The number of aromatic nitrogens is 3. The van der Waals surface area contributed by atoms with Gasteiger partial charge in [0.15, 0.2) is 17.5 Å². The summed E-state index contributed by atoms with van der Waals surface area (Å²) in [6, 6.07) is 54.0. The standard InChI is InChI=1S/C51H26B5N3O/c52-44-43(45(53)47(55)48(56)46(44)54)30-11-8-12-31(23-30)50-57-49(27-9-2-1-3-10-27)58-51(59-50)32-19-22-42-40(26-32)39-25-29(18-21-41(39)60-42)28-17-20-37-35-15-5-4-13-33(35)34-14-6-7-16-36(34)38(37)24-28/h1-26H. The Hall–Kier alpha value is -7.11. The summed E-state index contributed by atoms with van der Waals surface area (Å²) in [5.74, 6) is 1.49. The lowest BCUT2D eigenvalue weighted by atomic mass is 9.59. The van der Waals surface area contributed by atoms with Crippen LogP contribution in [0.1, 0.15) is 0 Å². The zero-order valence-corrected chi connectivity index (χ0v) is 32.1. The summed E-state index contributed by atoms with van der Waals surface area (Å²) >= 11 is 0. The van der Waals surface area contributed by atoms with Gasteiger partial charge in [-0.1, -0.05) is 126 Å². The molecule has 11 rings (SSSR count). The minimum Gasteiger partial charge on any atom is -0.456 e. The largest absolute Gasteiger partial charge is 0.456 e. The van der Waals surface area contributed by atoms with Gasteiger partial charge in [0, 0.05) is 27.5 Å². The van der Waals surface area contributed by atoms with Crippen molar-refractivity contribution in [2.24, 2.45) is 0 Å². The smallest absolute Gasteiger partial charge is 0.164 e. The Morgan fingerprint density at radius 2 is 0.683 bits per heavy atom. The van der Waals surface area contributed by atoms with E-state index in [0.717, 1.165) is 49.8 Å². The maximum atomic E-state index is 6.46. The van der Waals surface area contributed by atoms with E-state index in [0.29, 0.717) is 28.6 Å². The highest BCUT2D eigenvalue weighted by Gasteiger charge is 2.18. The molecular weight excluding hydrogens is 725 g/mol. The molecule has 9 aromatic carbocycles. The molecule has 0 aliphatic heterocycles. The van der Waals surface area contributed by atoms with Crippen molar-refractivity contribution < 1.29 is 4.42 Å². The summed E-state index contributed by atoms with van der Waals surface area (Å²) in [6.45, 7) is 0. The van der Waals surface area contributed by atoms with Gasteiger partial charge in [0.2, 0.25) is 0 Å². The fraction of sp³-hybridized carbons (Fsp3) is 0. The van der Waals surface area contributed by atoms with E-state index in [9.17, 15) is 0 Å². The van der Waals surface area contributed by atoms with Gasteiger partial charge in [0.1, 0.15) is 50.4 Å². The lowest BCUT2D eigenvalue weighted by molar-refractivity contribution is 0.669. The molecule has 266 valence electrons. The zero-order chi connectivity index (χ0) is 40.6. The number of benzene rings is 9. The van der Waals surface area contributed by atoms with Crippen LogP contribution in [0.2, 0.25) is 0 Å². The van der Waals surface area contributed by atoms with Crippen LogP contribution in [0.15, 0.2) is 162 Å². The van der Waals surface area contributed by atoms with Crippen molar-refractivity contribution in [2.75, 3.05) is 0 Å². The molecule has 60 heavy (non-hydrogen) atoms. The highest BCUT2D eigenvalue weighted by Crippen LogP contribution is 2.39. The Balaban J connectivity index is 1.05. The van der Waals surface area contributed by atoms with E-state index in [-0.39, 0.29) is 27.3 Å². The molecule has 0 atom stereocenters. The average Bonchev–Trinajstić information content (AvgIpc) is 3.68. The highest BCUT2D eigenvalue weighted by molar-refractivity contribution is 6.68. The second-order valence-corrected chi connectivity index (χ2v) is 15.1. The van der Waals surface area contributed by atoms with Gasteiger partial charge < -0.3 is 4.42 Å². The molecule has 0 saturated heterocycles. The van der Waals surface area contributed by atoms with E-state index in [2.05, 4.69) is 91.0 Å². The predicted octanol–water partition coefficient (Wildman–Crippen LogP) is 7.53. The number of nitrogens with zero attached hydrogens (tertiary/aromatic N) is 3. The van der Waals surface area contributed by atoms with Crippen LogP contribution in [0, 0.1) is 0 Å². The Bertz CT molecular complexity index is 3500. The van der Waals surface area contributed by atoms with Crippen LogP contribution in [-0.4, -0.2) is 54.2 Å². The van der Waals surface area contributed by atoms with Gasteiger partial charge in [-0.05, 0) is 97.0 Å². The number of hydrogen-bond acceptors (Lipinski definition) is 4. The Morgan fingerprint density at radius 1 is 0.283 bits per heavy atom. The molecule has 2 aromatic heterocycles. The van der Waals surface area contributed by atoms with Crippen molar-refractivity contribution in [1.29, 1.82) is 0 Å². The summed E-state index contributed by atoms with van der Waals surface area (Å²) in [6.07, 6.45) is 0. The van der Waals surface area contributed by atoms with Crippen LogP contribution in [0.4, 0.5) is 0 Å². The van der Waals surface area contributed by atoms with Crippen molar-refractivity contribution >= 4 is 121 Å². The van der Waals surface area contributed by atoms with E-state index in [1.165, 1.54) is 32.3 Å². The first kappa shape index (κ1) is 36.0. The molecule has 0 amide bonds. The van der Waals surface area contributed by atoms with Crippen LogP contribution in [0.25, 0.3) is 111 Å². The molecular formula is C51H26B5N3O. The summed E-state index contributed by atoms with van der Waals surface area (Å²) in [5.41, 5.74) is 8.39. The first-order valence-corrected chi connectivity index (χ1v) is 19.5. The van der Waals surface area contributed by atoms with Crippen LogP contribution >= 0.6 is 0 Å². The molecule has 11 aromatic rings. The van der Waals surface area contributed by atoms with E-state index in [1.807, 2.05) is 66.7 Å². The summed E-state index contributed by atoms with van der Waals surface area (Å²) < 4.78 is 6.40. The fourth-order valence-corrected chi connectivity index (χ4v) is 8.51. The van der Waals surface area contributed by atoms with Gasteiger partial charge in [-0.2, -0.15) is 0 Å². The zero-order valence-electron chi connectivity index (χ0n) is 32.1. The fourth-order valence-electron chi connectivity index (χ4n) is 8.51. The maximum absolute atomic E-state index is 6.46. The topological polar surface area (TPSA) is 51.8 Å². The molecule has 2 heterocycles. The Morgan fingerprint density at radius 3 is 1.28 bits per heavy atom. The summed E-state index contributed by atoms with van der Waals surface area (Å²) in [7, 11) is 31.5. The second-order valence-electron chi connectivity index (χ2n) is 15.1. The molecule has 9 heteroatoms. The molecule has 0 fully saturated rings. The monoisotopic (exact) mass is 751 g/mol. The summed E-state index contributed by atoms with van der Waals surface area (Å²) in [5, 5.41) is 9.40. The predicted molar refractivity (Wildman–Crippen MR) is 254 cm³/mol. The third kappa shape index (κ3) is 5.79. The van der Waals surface area contributed by atoms with Crippen molar-refractivity contribution in [3.8, 4) is 56.4 Å². The average molecular weight is 751 g/mol. The minimum absolute atomic E-state index is 0.161. The van der Waals surface area contributed by atoms with Crippen LogP contribution in [-0.2, 0) is 0 Å². The second kappa shape index (κ2) is 14.0. The van der Waals surface area contributed by atoms with Crippen molar-refractivity contribution in [1.82, 2.24) is 15.0 Å². The number of fused-ring (bicyclic) bond motifs is 9. The van der Waals surface area contributed by atoms with Gasteiger partial charge in [0.25, 0.3) is 0 Å².